The number of hydrogen-bond acceptors (Lipinski definition) is 3. The predicted octanol–water partition coefficient (Wildman–Crippen LogP) is 4.31. The van der Waals surface area contributed by atoms with Crippen molar-refractivity contribution in [1.29, 1.82) is 0 Å². The molecule has 0 bridgehead atoms. The third-order valence-electron chi connectivity index (χ3n) is 2.92. The molecule has 6 heteroatoms. The zero-order valence-corrected chi connectivity index (χ0v) is 11.4. The van der Waals surface area contributed by atoms with Crippen molar-refractivity contribution in [3.05, 3.63) is 68.5 Å². The summed E-state index contributed by atoms with van der Waals surface area (Å²) in [5.74, 6) is -0.326. The zero-order chi connectivity index (χ0) is 14.7. The lowest BCUT2D eigenvalue weighted by Gasteiger charge is -2.10. The van der Waals surface area contributed by atoms with Gasteiger partial charge in [-0.3, -0.25) is 10.1 Å². The number of benzene rings is 2. The molecule has 0 fully saturated rings. The molecule has 2 aromatic carbocycles. The Bertz CT molecular complexity index is 662. The molecule has 4 nitrogen and oxygen atoms in total. The largest absolute Gasteiger partial charge is 0.381 e. The summed E-state index contributed by atoms with van der Waals surface area (Å²) in [4.78, 5) is 10.1. The smallest absolute Gasteiger partial charge is 0.270 e. The van der Waals surface area contributed by atoms with E-state index in [0.29, 0.717) is 22.8 Å². The highest BCUT2D eigenvalue weighted by atomic mass is 35.5. The number of nitrogens with one attached hydrogen (secondary N) is 1. The van der Waals surface area contributed by atoms with Gasteiger partial charge in [0.15, 0.2) is 0 Å². The number of non-ortho nitro benzene ring substituents is 1. The van der Waals surface area contributed by atoms with Gasteiger partial charge >= 0.3 is 0 Å². The van der Waals surface area contributed by atoms with Crippen molar-refractivity contribution < 1.29 is 9.31 Å². The van der Waals surface area contributed by atoms with Gasteiger partial charge in [-0.05, 0) is 36.2 Å². The Morgan fingerprint density at radius 3 is 2.70 bits per heavy atom. The third kappa shape index (κ3) is 3.24. The van der Waals surface area contributed by atoms with E-state index in [1.807, 2.05) is 6.92 Å². The Morgan fingerprint density at radius 2 is 2.05 bits per heavy atom. The van der Waals surface area contributed by atoms with Crippen molar-refractivity contribution >= 4 is 23.0 Å². The maximum Gasteiger partial charge on any atom is 0.270 e. The number of nitro benzene ring substituents is 1. The SMILES string of the molecule is Cc1ccc(F)cc1NCc1ccc([N+](=O)[O-])cc1Cl. The van der Waals surface area contributed by atoms with Crippen LogP contribution in [0.5, 0.6) is 0 Å². The van der Waals surface area contributed by atoms with E-state index in [1.54, 1.807) is 12.1 Å². The molecule has 0 saturated heterocycles. The van der Waals surface area contributed by atoms with Crippen molar-refractivity contribution in [2.75, 3.05) is 5.32 Å². The number of anilines is 1. The lowest BCUT2D eigenvalue weighted by atomic mass is 10.1. The molecule has 2 aromatic rings. The minimum absolute atomic E-state index is 0.0549. The normalized spacial score (nSPS) is 10.3. The lowest BCUT2D eigenvalue weighted by molar-refractivity contribution is -0.384. The summed E-state index contributed by atoms with van der Waals surface area (Å²) < 4.78 is 13.2. The van der Waals surface area contributed by atoms with Crippen LogP contribution >= 0.6 is 11.6 Å². The van der Waals surface area contributed by atoms with Crippen LogP contribution in [-0.2, 0) is 6.54 Å². The summed E-state index contributed by atoms with van der Waals surface area (Å²) in [6, 6.07) is 8.74. The van der Waals surface area contributed by atoms with Crippen LogP contribution in [0.15, 0.2) is 36.4 Å². The topological polar surface area (TPSA) is 55.2 Å². The summed E-state index contributed by atoms with van der Waals surface area (Å²) >= 11 is 5.99. The monoisotopic (exact) mass is 294 g/mol. The van der Waals surface area contributed by atoms with E-state index in [0.717, 1.165) is 5.56 Å². The van der Waals surface area contributed by atoms with Gasteiger partial charge in [-0.2, -0.15) is 0 Å². The van der Waals surface area contributed by atoms with Gasteiger partial charge in [0.1, 0.15) is 5.82 Å². The Kier molecular flexibility index (Phi) is 4.20. The zero-order valence-electron chi connectivity index (χ0n) is 10.7. The van der Waals surface area contributed by atoms with Gasteiger partial charge in [-0.25, -0.2) is 4.39 Å². The standard InChI is InChI=1S/C14H12ClFN2O2/c1-9-2-4-11(16)6-14(9)17-8-10-3-5-12(18(19)20)7-13(10)15/h2-7,17H,8H2,1H3. The van der Waals surface area contributed by atoms with Gasteiger partial charge in [0, 0.05) is 24.4 Å². The van der Waals surface area contributed by atoms with E-state index in [4.69, 9.17) is 11.6 Å². The van der Waals surface area contributed by atoms with Gasteiger partial charge in [-0.1, -0.05) is 17.7 Å². The molecule has 20 heavy (non-hydrogen) atoms. The van der Waals surface area contributed by atoms with Crippen molar-refractivity contribution in [2.24, 2.45) is 0 Å². The molecule has 1 N–H and O–H groups in total. The molecule has 0 spiro atoms. The minimum atomic E-state index is -0.500. The molecular weight excluding hydrogens is 283 g/mol. The van der Waals surface area contributed by atoms with Crippen molar-refractivity contribution in [1.82, 2.24) is 0 Å². The first kappa shape index (κ1) is 14.3. The van der Waals surface area contributed by atoms with Gasteiger partial charge in [0.05, 0.1) is 9.95 Å². The molecule has 0 atom stereocenters. The predicted molar refractivity (Wildman–Crippen MR) is 76.6 cm³/mol. The lowest BCUT2D eigenvalue weighted by Crippen LogP contribution is -2.02. The first-order valence-electron chi connectivity index (χ1n) is 5.90. The molecule has 0 aromatic heterocycles. The Labute approximate surface area is 120 Å². The van der Waals surface area contributed by atoms with E-state index in [-0.39, 0.29) is 11.5 Å². The number of rotatable bonds is 4. The second kappa shape index (κ2) is 5.88. The first-order chi connectivity index (χ1) is 9.47. The van der Waals surface area contributed by atoms with Gasteiger partial charge in [-0.15, -0.1) is 0 Å². The number of aryl methyl sites for hydroxylation is 1. The van der Waals surface area contributed by atoms with Crippen LogP contribution in [0.2, 0.25) is 5.02 Å². The fourth-order valence-electron chi connectivity index (χ4n) is 1.77. The Morgan fingerprint density at radius 1 is 1.30 bits per heavy atom. The molecule has 0 heterocycles. The molecule has 0 aliphatic rings. The van der Waals surface area contributed by atoms with Crippen LogP contribution in [0.4, 0.5) is 15.8 Å². The molecule has 2 rings (SSSR count). The van der Waals surface area contributed by atoms with Crippen LogP contribution in [0, 0.1) is 22.9 Å². The number of nitro groups is 1. The van der Waals surface area contributed by atoms with Gasteiger partial charge < -0.3 is 5.32 Å². The third-order valence-corrected chi connectivity index (χ3v) is 3.27. The summed E-state index contributed by atoms with van der Waals surface area (Å²) in [5.41, 5.74) is 2.23. The molecule has 0 aliphatic heterocycles. The molecule has 0 unspecified atom stereocenters. The highest BCUT2D eigenvalue weighted by Gasteiger charge is 2.09. The summed E-state index contributed by atoms with van der Waals surface area (Å²) in [6.45, 7) is 2.22. The molecule has 0 aliphatic carbocycles. The van der Waals surface area contributed by atoms with Crippen LogP contribution < -0.4 is 5.32 Å². The molecule has 0 saturated carbocycles. The summed E-state index contributed by atoms with van der Waals surface area (Å²) in [7, 11) is 0. The fraction of sp³-hybridized carbons (Fsp3) is 0.143. The minimum Gasteiger partial charge on any atom is -0.381 e. The van der Waals surface area contributed by atoms with Crippen LogP contribution in [0.1, 0.15) is 11.1 Å². The van der Waals surface area contributed by atoms with E-state index in [2.05, 4.69) is 5.32 Å². The fourth-order valence-corrected chi connectivity index (χ4v) is 2.01. The average molecular weight is 295 g/mol. The number of hydrogen-bond donors (Lipinski definition) is 1. The highest BCUT2D eigenvalue weighted by Crippen LogP contribution is 2.24. The maximum absolute atomic E-state index is 13.2. The van der Waals surface area contributed by atoms with Crippen LogP contribution in [0.3, 0.4) is 0 Å². The molecular formula is C14H12ClFN2O2. The van der Waals surface area contributed by atoms with Gasteiger partial charge in [0.25, 0.3) is 5.69 Å². The van der Waals surface area contributed by atoms with E-state index >= 15 is 0 Å². The second-order valence-corrected chi connectivity index (χ2v) is 4.75. The van der Waals surface area contributed by atoms with Crippen molar-refractivity contribution in [3.8, 4) is 0 Å². The number of halogens is 2. The van der Waals surface area contributed by atoms with Crippen LogP contribution in [-0.4, -0.2) is 4.92 Å². The Hall–Kier alpha value is -2.14. The molecule has 0 amide bonds. The Balaban J connectivity index is 2.15. The maximum atomic E-state index is 13.2. The first-order valence-corrected chi connectivity index (χ1v) is 6.28. The summed E-state index contributed by atoms with van der Waals surface area (Å²) in [5, 5.41) is 14.0. The van der Waals surface area contributed by atoms with E-state index in [9.17, 15) is 14.5 Å². The van der Waals surface area contributed by atoms with E-state index in [1.165, 1.54) is 24.3 Å². The quantitative estimate of drug-likeness (QED) is 0.675. The van der Waals surface area contributed by atoms with Gasteiger partial charge in [0.2, 0.25) is 0 Å². The van der Waals surface area contributed by atoms with Crippen molar-refractivity contribution in [3.63, 3.8) is 0 Å². The van der Waals surface area contributed by atoms with Crippen LogP contribution in [0.25, 0.3) is 0 Å². The van der Waals surface area contributed by atoms with Crippen molar-refractivity contribution in [2.45, 2.75) is 13.5 Å². The average Bonchev–Trinajstić information content (AvgIpc) is 2.40. The highest BCUT2D eigenvalue weighted by molar-refractivity contribution is 6.31. The van der Waals surface area contributed by atoms with E-state index < -0.39 is 4.92 Å². The number of nitrogens with zero attached hydrogens (tertiary/aromatic N) is 1. The molecule has 0 radical (unpaired) electrons. The molecule has 104 valence electrons. The second-order valence-electron chi connectivity index (χ2n) is 4.35. The summed E-state index contributed by atoms with van der Waals surface area (Å²) in [6.07, 6.45) is 0.